The second-order valence-electron chi connectivity index (χ2n) is 10.8. The van der Waals surface area contributed by atoms with E-state index in [1.807, 2.05) is 13.8 Å². The van der Waals surface area contributed by atoms with Crippen LogP contribution < -0.4 is 0 Å². The van der Waals surface area contributed by atoms with Crippen molar-refractivity contribution in [3.05, 3.63) is 62.8 Å². The number of likely N-dealkylation sites (tertiary alicyclic amines) is 1. The number of rotatable bonds is 5. The van der Waals surface area contributed by atoms with E-state index in [0.29, 0.717) is 42.1 Å². The Morgan fingerprint density at radius 1 is 1.19 bits per heavy atom. The van der Waals surface area contributed by atoms with Gasteiger partial charge >= 0.3 is 0 Å². The van der Waals surface area contributed by atoms with E-state index in [4.69, 9.17) is 21.4 Å². The van der Waals surface area contributed by atoms with Gasteiger partial charge in [0.1, 0.15) is 5.82 Å². The number of halogens is 2. The van der Waals surface area contributed by atoms with Crippen molar-refractivity contribution < 1.29 is 13.9 Å². The molecule has 196 valence electrons. The molecule has 0 bridgehead atoms. The van der Waals surface area contributed by atoms with Crippen LogP contribution in [-0.2, 0) is 24.2 Å². The number of hydrogen-bond donors (Lipinski definition) is 0. The van der Waals surface area contributed by atoms with Crippen LogP contribution in [0.1, 0.15) is 64.2 Å². The number of nitrogens with zero attached hydrogens (tertiary/aromatic N) is 5. The molecule has 1 atom stereocenters. The highest BCUT2D eigenvalue weighted by molar-refractivity contribution is 6.31. The summed E-state index contributed by atoms with van der Waals surface area (Å²) >= 11 is 6.37. The Labute approximate surface area is 221 Å². The van der Waals surface area contributed by atoms with E-state index in [1.54, 1.807) is 21.5 Å². The summed E-state index contributed by atoms with van der Waals surface area (Å²) < 4.78 is 21.6. The van der Waals surface area contributed by atoms with Crippen molar-refractivity contribution in [2.75, 3.05) is 26.3 Å². The monoisotopic (exact) mass is 525 g/mol. The van der Waals surface area contributed by atoms with Crippen LogP contribution >= 0.6 is 11.6 Å². The number of aromatic nitrogens is 3. The first-order valence-corrected chi connectivity index (χ1v) is 13.7. The molecule has 37 heavy (non-hydrogen) atoms. The van der Waals surface area contributed by atoms with Gasteiger partial charge in [-0.15, -0.1) is 0 Å². The number of hydrogen-bond acceptors (Lipinski definition) is 5. The van der Waals surface area contributed by atoms with E-state index < -0.39 is 0 Å². The van der Waals surface area contributed by atoms with Crippen molar-refractivity contribution in [1.29, 1.82) is 0 Å². The number of carbonyl (C=O) groups is 1. The summed E-state index contributed by atoms with van der Waals surface area (Å²) in [5, 5.41) is 5.30. The highest BCUT2D eigenvalue weighted by Gasteiger charge is 2.32. The molecule has 1 aromatic carbocycles. The molecule has 6 rings (SSSR count). The highest BCUT2D eigenvalue weighted by Crippen LogP contribution is 2.31. The van der Waals surface area contributed by atoms with Crippen LogP contribution in [0, 0.1) is 25.6 Å². The van der Waals surface area contributed by atoms with Crippen LogP contribution in [0.25, 0.3) is 5.65 Å². The summed E-state index contributed by atoms with van der Waals surface area (Å²) in [6.45, 7) is 8.57. The summed E-state index contributed by atoms with van der Waals surface area (Å²) in [4.78, 5) is 22.7. The Morgan fingerprint density at radius 2 is 2.00 bits per heavy atom. The molecule has 3 aliphatic rings. The van der Waals surface area contributed by atoms with E-state index in [0.717, 1.165) is 85.8 Å². The lowest BCUT2D eigenvalue weighted by Gasteiger charge is -2.31. The number of aryl methyl sites for hydroxylation is 3. The molecular weight excluding hydrogens is 493 g/mol. The fourth-order valence-electron chi connectivity index (χ4n) is 6.24. The molecule has 3 aromatic rings. The van der Waals surface area contributed by atoms with Gasteiger partial charge in [-0.25, -0.2) is 13.9 Å². The summed E-state index contributed by atoms with van der Waals surface area (Å²) in [7, 11) is 0. The van der Waals surface area contributed by atoms with E-state index in [-0.39, 0.29) is 11.7 Å². The van der Waals surface area contributed by atoms with Crippen LogP contribution in [0.3, 0.4) is 0 Å². The van der Waals surface area contributed by atoms with Gasteiger partial charge in [0.25, 0.3) is 5.91 Å². The lowest BCUT2D eigenvalue weighted by Crippen LogP contribution is -2.37. The molecule has 2 fully saturated rings. The molecule has 7 nitrogen and oxygen atoms in total. The zero-order valence-electron chi connectivity index (χ0n) is 21.5. The Kier molecular flexibility index (Phi) is 6.67. The lowest BCUT2D eigenvalue weighted by atomic mass is 9.95. The number of amides is 1. The van der Waals surface area contributed by atoms with E-state index in [9.17, 15) is 9.18 Å². The van der Waals surface area contributed by atoms with Gasteiger partial charge in [0, 0.05) is 36.9 Å². The number of benzene rings is 1. The van der Waals surface area contributed by atoms with E-state index in [2.05, 4.69) is 9.88 Å². The van der Waals surface area contributed by atoms with E-state index in [1.165, 1.54) is 6.07 Å². The van der Waals surface area contributed by atoms with Crippen LogP contribution in [-0.4, -0.2) is 62.7 Å². The van der Waals surface area contributed by atoms with E-state index >= 15 is 0 Å². The smallest absolute Gasteiger partial charge is 0.254 e. The fourth-order valence-corrected chi connectivity index (χ4v) is 6.37. The molecule has 0 radical (unpaired) electrons. The topological polar surface area (TPSA) is 63.0 Å². The number of carbonyl (C=O) groups excluding carboxylic acids is 1. The predicted octanol–water partition coefficient (Wildman–Crippen LogP) is 4.73. The van der Waals surface area contributed by atoms with Gasteiger partial charge in [-0.2, -0.15) is 5.10 Å². The maximum absolute atomic E-state index is 14.3. The van der Waals surface area contributed by atoms with Crippen molar-refractivity contribution in [3.63, 3.8) is 0 Å². The van der Waals surface area contributed by atoms with Crippen LogP contribution in [0.4, 0.5) is 4.39 Å². The quantitative estimate of drug-likeness (QED) is 0.482. The van der Waals surface area contributed by atoms with Crippen LogP contribution in [0.15, 0.2) is 18.2 Å². The molecule has 0 unspecified atom stereocenters. The average molecular weight is 526 g/mol. The van der Waals surface area contributed by atoms with Crippen molar-refractivity contribution in [3.8, 4) is 0 Å². The number of ether oxygens (including phenoxy) is 1. The number of fused-ring (bicyclic) bond motifs is 3. The second kappa shape index (κ2) is 9.97. The zero-order valence-corrected chi connectivity index (χ0v) is 22.2. The molecule has 9 heteroatoms. The molecule has 5 heterocycles. The van der Waals surface area contributed by atoms with Gasteiger partial charge in [0.2, 0.25) is 0 Å². The van der Waals surface area contributed by atoms with Crippen molar-refractivity contribution >= 4 is 23.2 Å². The lowest BCUT2D eigenvalue weighted by molar-refractivity contribution is 0.0410. The minimum Gasteiger partial charge on any atom is -0.381 e. The Morgan fingerprint density at radius 3 is 2.81 bits per heavy atom. The highest BCUT2D eigenvalue weighted by atomic mass is 35.5. The molecule has 2 aromatic heterocycles. The molecule has 2 saturated heterocycles. The van der Waals surface area contributed by atoms with Gasteiger partial charge in [-0.1, -0.05) is 11.6 Å². The zero-order chi connectivity index (χ0) is 25.7. The molecule has 0 N–H and O–H groups in total. The SMILES string of the molecule is Cc1nc2c3c(nn2c(C)c1Cl)CN(C(=O)c1ccc(F)cc1CC[C@@H]1CCN(C2CCOCC2)C1)C3. The third-order valence-electron chi connectivity index (χ3n) is 8.39. The molecular formula is C28H33ClFN5O2. The molecule has 0 spiro atoms. The Bertz CT molecular complexity index is 1350. The maximum Gasteiger partial charge on any atom is 0.254 e. The third-order valence-corrected chi connectivity index (χ3v) is 8.93. The molecule has 3 aliphatic heterocycles. The minimum atomic E-state index is -0.295. The van der Waals surface area contributed by atoms with Gasteiger partial charge in [0.05, 0.1) is 35.2 Å². The molecule has 0 saturated carbocycles. The fraction of sp³-hybridized carbons (Fsp3) is 0.536. The third kappa shape index (κ3) is 4.64. The molecule has 1 amide bonds. The second-order valence-corrected chi connectivity index (χ2v) is 11.1. The largest absolute Gasteiger partial charge is 0.381 e. The summed E-state index contributed by atoms with van der Waals surface area (Å²) in [6.07, 6.45) is 5.04. The average Bonchev–Trinajstić information content (AvgIpc) is 3.62. The summed E-state index contributed by atoms with van der Waals surface area (Å²) in [6, 6.07) is 5.20. The normalized spacial score (nSPS) is 20.8. The van der Waals surface area contributed by atoms with Crippen molar-refractivity contribution in [2.24, 2.45) is 5.92 Å². The van der Waals surface area contributed by atoms with Gasteiger partial charge < -0.3 is 9.64 Å². The van der Waals surface area contributed by atoms with Crippen LogP contribution in [0.5, 0.6) is 0 Å². The first-order valence-electron chi connectivity index (χ1n) is 13.3. The Balaban J connectivity index is 1.15. The van der Waals surface area contributed by atoms with Gasteiger partial charge in [-0.05, 0) is 82.2 Å². The van der Waals surface area contributed by atoms with Gasteiger partial charge in [0.15, 0.2) is 5.65 Å². The van der Waals surface area contributed by atoms with Crippen molar-refractivity contribution in [2.45, 2.75) is 65.1 Å². The Hall–Kier alpha value is -2.55. The predicted molar refractivity (Wildman–Crippen MR) is 139 cm³/mol. The first-order chi connectivity index (χ1) is 17.9. The summed E-state index contributed by atoms with van der Waals surface area (Å²) in [5.41, 5.74) is 5.53. The van der Waals surface area contributed by atoms with Crippen molar-refractivity contribution in [1.82, 2.24) is 24.4 Å². The standard InChI is InChI=1S/C28H33ClFN5O2/c1-17-26(29)18(2)35-27(31-17)24-15-34(16-25(24)32-35)28(36)23-6-5-21(30)13-20(23)4-3-19-7-10-33(14-19)22-8-11-37-12-9-22/h5-6,13,19,22H,3-4,7-12,14-16H2,1-2H3/t19-/m1/s1. The maximum atomic E-state index is 14.3. The minimum absolute atomic E-state index is 0.0798. The molecule has 0 aliphatic carbocycles. The van der Waals surface area contributed by atoms with Crippen LogP contribution in [0.2, 0.25) is 5.02 Å². The first kappa shape index (κ1) is 24.8. The van der Waals surface area contributed by atoms with Gasteiger partial charge in [-0.3, -0.25) is 9.69 Å². The summed E-state index contributed by atoms with van der Waals surface area (Å²) in [5.74, 6) is 0.197.